The average Bonchev–Trinajstić information content (AvgIpc) is 2.80. The quantitative estimate of drug-likeness (QED) is 0.305. The van der Waals surface area contributed by atoms with Gasteiger partial charge in [-0.2, -0.15) is 8.42 Å². The molecule has 0 amide bonds. The Morgan fingerprint density at radius 2 is 1.52 bits per heavy atom. The molecule has 0 unspecified atom stereocenters. The smallest absolute Gasteiger partial charge is 0.306 e. The highest BCUT2D eigenvalue weighted by Gasteiger charge is 2.47. The Morgan fingerprint density at radius 3 is 2.04 bits per heavy atom. The number of carbonyl (C=O) groups is 1. The number of unbranched alkanes of at least 4 members (excludes halogenated alkanes) is 8. The fraction of sp³-hybridized carbons (Fsp3) is 0.938. The maximum Gasteiger partial charge on any atom is 0.306 e. The lowest BCUT2D eigenvalue weighted by atomic mass is 10.1. The van der Waals surface area contributed by atoms with Crippen LogP contribution in [-0.2, 0) is 29.5 Å². The maximum absolute atomic E-state index is 11.8. The molecule has 1 fully saturated rings. The van der Waals surface area contributed by atoms with E-state index in [-0.39, 0.29) is 6.42 Å². The third kappa shape index (κ3) is 9.01. The second-order valence-corrected chi connectivity index (χ2v) is 10.5. The van der Waals surface area contributed by atoms with Crippen LogP contribution < -0.4 is 0 Å². The molecule has 1 saturated heterocycles. The summed E-state index contributed by atoms with van der Waals surface area (Å²) in [6.45, 7) is 2.18. The maximum atomic E-state index is 11.8. The van der Waals surface area contributed by atoms with E-state index in [1.807, 2.05) is 0 Å². The standard InChI is InChI=1S/C16H30O7S2/c1-2-3-4-5-6-7-8-9-10-11-16(17)23-14-12-24(18,19)13-15(14)25(20,21)22/h14-15H,2-13H2,1H3,(H,20,21,22)/t14-,15+/m1/s1. The third-order valence-corrected chi connectivity index (χ3v) is 7.55. The SMILES string of the molecule is CCCCCCCCCCCC(=O)O[C@@H]1CS(=O)(=O)C[C@@H]1S(=O)(=O)O. The third-order valence-electron chi connectivity index (χ3n) is 4.40. The monoisotopic (exact) mass is 398 g/mol. The van der Waals surface area contributed by atoms with Gasteiger partial charge in [-0.3, -0.25) is 9.35 Å². The normalized spacial score (nSPS) is 22.8. The van der Waals surface area contributed by atoms with Gasteiger partial charge in [0.25, 0.3) is 10.1 Å². The van der Waals surface area contributed by atoms with Crippen LogP contribution >= 0.6 is 0 Å². The molecule has 0 bridgehead atoms. The van der Waals surface area contributed by atoms with E-state index in [2.05, 4.69) is 6.92 Å². The van der Waals surface area contributed by atoms with Gasteiger partial charge in [0, 0.05) is 6.42 Å². The lowest BCUT2D eigenvalue weighted by Gasteiger charge is -2.16. The number of esters is 1. The van der Waals surface area contributed by atoms with Gasteiger partial charge in [0.1, 0.15) is 11.4 Å². The summed E-state index contributed by atoms with van der Waals surface area (Å²) in [4.78, 5) is 11.8. The van der Waals surface area contributed by atoms with Crippen LogP contribution in [0.15, 0.2) is 0 Å². The molecule has 1 aliphatic rings. The highest BCUT2D eigenvalue weighted by atomic mass is 32.2. The summed E-state index contributed by atoms with van der Waals surface area (Å²) in [5.41, 5.74) is 0. The molecule has 1 aliphatic heterocycles. The summed E-state index contributed by atoms with van der Waals surface area (Å²) in [5, 5.41) is -1.58. The number of hydrogen-bond acceptors (Lipinski definition) is 6. The highest BCUT2D eigenvalue weighted by Crippen LogP contribution is 2.22. The van der Waals surface area contributed by atoms with Gasteiger partial charge in [-0.05, 0) is 6.42 Å². The topological polar surface area (TPSA) is 115 Å². The van der Waals surface area contributed by atoms with Gasteiger partial charge in [0.15, 0.2) is 9.84 Å². The van der Waals surface area contributed by atoms with Gasteiger partial charge < -0.3 is 4.74 Å². The first-order valence-electron chi connectivity index (χ1n) is 9.02. The minimum absolute atomic E-state index is 0.130. The number of rotatable bonds is 12. The van der Waals surface area contributed by atoms with Crippen LogP contribution in [0.3, 0.4) is 0 Å². The molecule has 25 heavy (non-hydrogen) atoms. The lowest BCUT2D eigenvalue weighted by Crippen LogP contribution is -2.36. The van der Waals surface area contributed by atoms with Crippen LogP contribution in [0.5, 0.6) is 0 Å². The molecule has 148 valence electrons. The molecule has 0 aromatic rings. The zero-order valence-electron chi connectivity index (χ0n) is 14.9. The first kappa shape index (κ1) is 22.4. The van der Waals surface area contributed by atoms with E-state index in [0.717, 1.165) is 19.3 Å². The number of ether oxygens (including phenoxy) is 1. The molecule has 0 saturated carbocycles. The van der Waals surface area contributed by atoms with Gasteiger partial charge in [-0.15, -0.1) is 0 Å². The fourth-order valence-electron chi connectivity index (χ4n) is 2.98. The summed E-state index contributed by atoms with van der Waals surface area (Å²) in [6, 6.07) is 0. The van der Waals surface area contributed by atoms with Crippen molar-refractivity contribution in [2.24, 2.45) is 0 Å². The fourth-order valence-corrected chi connectivity index (χ4v) is 6.60. The Hall–Kier alpha value is -0.670. The molecule has 0 radical (unpaired) electrons. The predicted octanol–water partition coefficient (Wildman–Crippen LogP) is 2.50. The molecule has 0 aromatic heterocycles. The van der Waals surface area contributed by atoms with Crippen molar-refractivity contribution in [2.45, 2.75) is 82.5 Å². The predicted molar refractivity (Wildman–Crippen MR) is 95.7 cm³/mol. The Kier molecular flexibility index (Phi) is 9.37. The Balaban J connectivity index is 2.23. The average molecular weight is 399 g/mol. The van der Waals surface area contributed by atoms with Crippen LogP contribution in [0.25, 0.3) is 0 Å². The van der Waals surface area contributed by atoms with Gasteiger partial charge >= 0.3 is 5.97 Å². The molecule has 9 heteroatoms. The van der Waals surface area contributed by atoms with Crippen molar-refractivity contribution in [3.63, 3.8) is 0 Å². The van der Waals surface area contributed by atoms with Crippen molar-refractivity contribution in [2.75, 3.05) is 11.5 Å². The number of sulfone groups is 1. The van der Waals surface area contributed by atoms with Crippen molar-refractivity contribution in [3.8, 4) is 0 Å². The summed E-state index contributed by atoms with van der Waals surface area (Å²) in [6.07, 6.45) is 8.69. The van der Waals surface area contributed by atoms with E-state index in [1.54, 1.807) is 0 Å². The summed E-state index contributed by atoms with van der Waals surface area (Å²) in [5.74, 6) is -1.87. The summed E-state index contributed by atoms with van der Waals surface area (Å²) in [7, 11) is -8.20. The van der Waals surface area contributed by atoms with Gasteiger partial charge in [-0.25, -0.2) is 8.42 Å². The van der Waals surface area contributed by atoms with Gasteiger partial charge in [0.05, 0.1) is 11.5 Å². The van der Waals surface area contributed by atoms with E-state index < -0.39 is 48.8 Å². The summed E-state index contributed by atoms with van der Waals surface area (Å²) >= 11 is 0. The van der Waals surface area contributed by atoms with Gasteiger partial charge in [0.2, 0.25) is 0 Å². The molecule has 1 heterocycles. The molecule has 1 N–H and O–H groups in total. The first-order chi connectivity index (χ1) is 11.7. The van der Waals surface area contributed by atoms with E-state index >= 15 is 0 Å². The molecule has 1 rings (SSSR count). The lowest BCUT2D eigenvalue weighted by molar-refractivity contribution is -0.147. The van der Waals surface area contributed by atoms with E-state index in [0.29, 0.717) is 6.42 Å². The molecule has 0 aromatic carbocycles. The van der Waals surface area contributed by atoms with Crippen LogP contribution in [0.2, 0.25) is 0 Å². The van der Waals surface area contributed by atoms with Gasteiger partial charge in [-0.1, -0.05) is 58.3 Å². The van der Waals surface area contributed by atoms with Crippen LogP contribution in [-0.4, -0.2) is 50.2 Å². The number of hydrogen-bond donors (Lipinski definition) is 1. The first-order valence-corrected chi connectivity index (χ1v) is 12.3. The van der Waals surface area contributed by atoms with Crippen LogP contribution in [0, 0.1) is 0 Å². The molecule has 7 nitrogen and oxygen atoms in total. The highest BCUT2D eigenvalue weighted by molar-refractivity contribution is 7.94. The second-order valence-electron chi connectivity index (χ2n) is 6.74. The zero-order chi connectivity index (χ0) is 18.9. The largest absolute Gasteiger partial charge is 0.460 e. The van der Waals surface area contributed by atoms with E-state index in [4.69, 9.17) is 9.29 Å². The summed E-state index contributed by atoms with van der Waals surface area (Å²) < 4.78 is 59.7. The van der Waals surface area contributed by atoms with Crippen molar-refractivity contribution in [1.29, 1.82) is 0 Å². The zero-order valence-corrected chi connectivity index (χ0v) is 16.5. The van der Waals surface area contributed by atoms with Crippen molar-refractivity contribution >= 4 is 25.9 Å². The Labute approximate surface area is 151 Å². The Bertz CT molecular complexity index is 610. The molecular weight excluding hydrogens is 368 g/mol. The molecule has 0 aliphatic carbocycles. The van der Waals surface area contributed by atoms with E-state index in [1.165, 1.54) is 32.1 Å². The minimum Gasteiger partial charge on any atom is -0.460 e. The molecule has 2 atom stereocenters. The van der Waals surface area contributed by atoms with Crippen LogP contribution in [0.4, 0.5) is 0 Å². The van der Waals surface area contributed by atoms with Crippen LogP contribution in [0.1, 0.15) is 71.1 Å². The van der Waals surface area contributed by atoms with Crippen molar-refractivity contribution in [3.05, 3.63) is 0 Å². The second kappa shape index (κ2) is 10.5. The molecule has 0 spiro atoms. The van der Waals surface area contributed by atoms with Crippen molar-refractivity contribution < 1.29 is 30.9 Å². The molecular formula is C16H30O7S2. The van der Waals surface area contributed by atoms with E-state index in [9.17, 15) is 21.6 Å². The minimum atomic E-state index is -4.57. The van der Waals surface area contributed by atoms with Crippen molar-refractivity contribution in [1.82, 2.24) is 0 Å². The Morgan fingerprint density at radius 1 is 1.00 bits per heavy atom. The number of carbonyl (C=O) groups excluding carboxylic acids is 1.